The molecule has 5 heteroatoms. The van der Waals surface area contributed by atoms with Crippen LogP contribution in [0.3, 0.4) is 0 Å². The molecule has 0 saturated carbocycles. The van der Waals surface area contributed by atoms with Gasteiger partial charge in [-0.15, -0.1) is 0 Å². The Labute approximate surface area is 105 Å². The van der Waals surface area contributed by atoms with Gasteiger partial charge in [-0.25, -0.2) is 9.18 Å². The quantitative estimate of drug-likeness (QED) is 0.843. The van der Waals surface area contributed by atoms with Gasteiger partial charge in [-0.2, -0.15) is 5.26 Å². The number of ether oxygens (including phenoxy) is 1. The highest BCUT2D eigenvalue weighted by Gasteiger charge is 2.21. The molecule has 1 aromatic carbocycles. The van der Waals surface area contributed by atoms with Crippen LogP contribution in [0.15, 0.2) is 18.2 Å². The smallest absolute Gasteiger partial charge is 0.344 e. The Kier molecular flexibility index (Phi) is 5.12. The molecule has 1 rings (SSSR count). The maximum atomic E-state index is 13.3. The van der Waals surface area contributed by atoms with Gasteiger partial charge in [-0.3, -0.25) is 0 Å². The normalized spacial score (nSPS) is 11.6. The number of carboxylic acids is 1. The number of hydrogen-bond donors (Lipinski definition) is 1. The number of unbranched alkanes of at least 4 members (excludes halogenated alkanes) is 1. The van der Waals surface area contributed by atoms with Crippen molar-refractivity contribution in [1.82, 2.24) is 0 Å². The van der Waals surface area contributed by atoms with Crippen molar-refractivity contribution < 1.29 is 19.0 Å². The predicted molar refractivity (Wildman–Crippen MR) is 62.7 cm³/mol. The summed E-state index contributed by atoms with van der Waals surface area (Å²) in [6, 6.07) is 5.58. The van der Waals surface area contributed by atoms with E-state index in [1.54, 1.807) is 6.07 Å². The average molecular weight is 251 g/mol. The molecule has 0 bridgehead atoms. The molecule has 0 aliphatic rings. The van der Waals surface area contributed by atoms with E-state index in [1.165, 1.54) is 12.1 Å². The first-order valence-corrected chi connectivity index (χ1v) is 5.68. The molecular formula is C13H14FNO3. The third-order valence-electron chi connectivity index (χ3n) is 2.45. The van der Waals surface area contributed by atoms with Gasteiger partial charge in [0, 0.05) is 0 Å². The lowest BCUT2D eigenvalue weighted by atomic mass is 10.1. The molecule has 0 saturated heterocycles. The second-order valence-corrected chi connectivity index (χ2v) is 3.81. The topological polar surface area (TPSA) is 70.3 Å². The molecule has 0 amide bonds. The first-order valence-electron chi connectivity index (χ1n) is 5.68. The van der Waals surface area contributed by atoms with Crippen LogP contribution >= 0.6 is 0 Å². The standard InChI is InChI=1S/C13H14FNO3/c1-2-3-6-12(13(16)17)18-11-7-4-5-10(14)9(11)8-15/h4-5,7,12H,2-3,6H2,1H3,(H,16,17). The molecule has 1 unspecified atom stereocenters. The summed E-state index contributed by atoms with van der Waals surface area (Å²) in [4.78, 5) is 11.0. The van der Waals surface area contributed by atoms with Crippen LogP contribution in [0.4, 0.5) is 4.39 Å². The van der Waals surface area contributed by atoms with Crippen LogP contribution in [-0.4, -0.2) is 17.2 Å². The first kappa shape index (κ1) is 14.0. The Morgan fingerprint density at radius 3 is 2.89 bits per heavy atom. The number of rotatable bonds is 6. The largest absolute Gasteiger partial charge is 0.479 e. The minimum Gasteiger partial charge on any atom is -0.479 e. The van der Waals surface area contributed by atoms with Crippen LogP contribution in [-0.2, 0) is 4.79 Å². The molecule has 1 N–H and O–H groups in total. The SMILES string of the molecule is CCCCC(Oc1cccc(F)c1C#N)C(=O)O. The molecule has 0 spiro atoms. The van der Waals surface area contributed by atoms with Crippen molar-refractivity contribution in [3.05, 3.63) is 29.6 Å². The summed E-state index contributed by atoms with van der Waals surface area (Å²) in [6.45, 7) is 1.93. The summed E-state index contributed by atoms with van der Waals surface area (Å²) in [5, 5.41) is 17.8. The summed E-state index contributed by atoms with van der Waals surface area (Å²) in [7, 11) is 0. The third kappa shape index (κ3) is 3.45. The zero-order valence-electron chi connectivity index (χ0n) is 10.0. The van der Waals surface area contributed by atoms with Crippen molar-refractivity contribution in [3.63, 3.8) is 0 Å². The fourth-order valence-corrected chi connectivity index (χ4v) is 1.49. The number of aliphatic carboxylic acids is 1. The maximum Gasteiger partial charge on any atom is 0.344 e. The van der Waals surface area contributed by atoms with Gasteiger partial charge in [0.05, 0.1) is 0 Å². The molecule has 96 valence electrons. The van der Waals surface area contributed by atoms with Crippen molar-refractivity contribution >= 4 is 5.97 Å². The lowest BCUT2D eigenvalue weighted by molar-refractivity contribution is -0.145. The van der Waals surface area contributed by atoms with E-state index in [2.05, 4.69) is 0 Å². The van der Waals surface area contributed by atoms with Crippen molar-refractivity contribution in [2.24, 2.45) is 0 Å². The number of nitrogens with zero attached hydrogens (tertiary/aromatic N) is 1. The summed E-state index contributed by atoms with van der Waals surface area (Å²) in [6.07, 6.45) is 0.793. The fourth-order valence-electron chi connectivity index (χ4n) is 1.49. The molecule has 0 aliphatic heterocycles. The lowest BCUT2D eigenvalue weighted by Gasteiger charge is -2.15. The van der Waals surface area contributed by atoms with Gasteiger partial charge in [-0.05, 0) is 25.0 Å². The van der Waals surface area contributed by atoms with Gasteiger partial charge in [0.1, 0.15) is 23.2 Å². The lowest BCUT2D eigenvalue weighted by Crippen LogP contribution is -2.27. The molecule has 0 heterocycles. The third-order valence-corrected chi connectivity index (χ3v) is 2.45. The highest BCUT2D eigenvalue weighted by Crippen LogP contribution is 2.22. The second kappa shape index (κ2) is 6.60. The van der Waals surface area contributed by atoms with Gasteiger partial charge in [0.2, 0.25) is 0 Å². The van der Waals surface area contributed by atoms with E-state index in [9.17, 15) is 9.18 Å². The van der Waals surface area contributed by atoms with E-state index in [4.69, 9.17) is 15.1 Å². The van der Waals surface area contributed by atoms with Crippen molar-refractivity contribution in [2.45, 2.75) is 32.3 Å². The number of halogens is 1. The summed E-state index contributed by atoms with van der Waals surface area (Å²) >= 11 is 0. The Morgan fingerprint density at radius 1 is 1.61 bits per heavy atom. The summed E-state index contributed by atoms with van der Waals surface area (Å²) < 4.78 is 18.5. The Hall–Kier alpha value is -2.09. The van der Waals surface area contributed by atoms with E-state index in [0.717, 1.165) is 12.5 Å². The molecule has 0 fully saturated rings. The molecule has 1 aromatic rings. The molecule has 0 radical (unpaired) electrons. The first-order chi connectivity index (χ1) is 8.60. The molecule has 0 aromatic heterocycles. The molecule has 4 nitrogen and oxygen atoms in total. The van der Waals surface area contributed by atoms with Gasteiger partial charge >= 0.3 is 5.97 Å². The van der Waals surface area contributed by atoms with Crippen LogP contribution in [0.2, 0.25) is 0 Å². The summed E-state index contributed by atoms with van der Waals surface area (Å²) in [5.41, 5.74) is -0.264. The van der Waals surface area contributed by atoms with Crippen molar-refractivity contribution in [2.75, 3.05) is 0 Å². The van der Waals surface area contributed by atoms with Gasteiger partial charge in [0.15, 0.2) is 6.10 Å². The number of hydrogen-bond acceptors (Lipinski definition) is 3. The second-order valence-electron chi connectivity index (χ2n) is 3.81. The van der Waals surface area contributed by atoms with Crippen molar-refractivity contribution in [3.8, 4) is 11.8 Å². The Morgan fingerprint density at radius 2 is 2.33 bits per heavy atom. The summed E-state index contributed by atoms with van der Waals surface area (Å²) in [5.74, 6) is -1.85. The number of nitriles is 1. The van der Waals surface area contributed by atoms with Crippen LogP contribution in [0.5, 0.6) is 5.75 Å². The predicted octanol–water partition coefficient (Wildman–Crippen LogP) is 2.72. The van der Waals surface area contributed by atoms with Crippen LogP contribution in [0.25, 0.3) is 0 Å². The van der Waals surface area contributed by atoms with E-state index < -0.39 is 17.9 Å². The molecule has 1 atom stereocenters. The van der Waals surface area contributed by atoms with Gasteiger partial charge < -0.3 is 9.84 Å². The number of carboxylic acid groups (broad SMARTS) is 1. The highest BCUT2D eigenvalue weighted by atomic mass is 19.1. The minimum atomic E-state index is -1.11. The highest BCUT2D eigenvalue weighted by molar-refractivity contribution is 5.72. The zero-order valence-corrected chi connectivity index (χ0v) is 10.0. The van der Waals surface area contributed by atoms with E-state index in [-0.39, 0.29) is 11.3 Å². The zero-order chi connectivity index (χ0) is 13.5. The van der Waals surface area contributed by atoms with Crippen LogP contribution in [0, 0.1) is 17.1 Å². The fraction of sp³-hybridized carbons (Fsp3) is 0.385. The van der Waals surface area contributed by atoms with Gasteiger partial charge in [-0.1, -0.05) is 19.4 Å². The molecule has 18 heavy (non-hydrogen) atoms. The van der Waals surface area contributed by atoms with E-state index >= 15 is 0 Å². The van der Waals surface area contributed by atoms with Crippen LogP contribution < -0.4 is 4.74 Å². The maximum absolute atomic E-state index is 13.3. The van der Waals surface area contributed by atoms with E-state index in [1.807, 2.05) is 6.92 Å². The minimum absolute atomic E-state index is 0.0268. The molecule has 0 aliphatic carbocycles. The Bertz CT molecular complexity index is 468. The van der Waals surface area contributed by atoms with Crippen molar-refractivity contribution in [1.29, 1.82) is 5.26 Å². The average Bonchev–Trinajstić information content (AvgIpc) is 2.34. The van der Waals surface area contributed by atoms with Crippen LogP contribution in [0.1, 0.15) is 31.7 Å². The number of carbonyl (C=O) groups is 1. The molecular weight excluding hydrogens is 237 g/mol. The monoisotopic (exact) mass is 251 g/mol. The Balaban J connectivity index is 2.91. The number of benzene rings is 1. The van der Waals surface area contributed by atoms with E-state index in [0.29, 0.717) is 12.8 Å². The van der Waals surface area contributed by atoms with Gasteiger partial charge in [0.25, 0.3) is 0 Å².